The van der Waals surface area contributed by atoms with Crippen LogP contribution in [0.15, 0.2) is 72.9 Å². The Morgan fingerprint density at radius 3 is 2.39 bits per heavy atom. The van der Waals surface area contributed by atoms with Crippen LogP contribution >= 0.6 is 11.6 Å². The molecule has 0 aliphatic rings. The monoisotopic (exact) mass is 320 g/mol. The second-order valence-corrected chi connectivity index (χ2v) is 5.70. The molecule has 4 rings (SSSR count). The molecule has 2 heterocycles. The van der Waals surface area contributed by atoms with Crippen LogP contribution in [0.25, 0.3) is 28.2 Å². The fourth-order valence-corrected chi connectivity index (χ4v) is 2.84. The lowest BCUT2D eigenvalue weighted by molar-refractivity contribution is 0.477. The number of pyridine rings is 1. The van der Waals surface area contributed by atoms with Crippen LogP contribution in [0, 0.1) is 0 Å². The van der Waals surface area contributed by atoms with Crippen molar-refractivity contribution < 1.29 is 5.11 Å². The van der Waals surface area contributed by atoms with Crippen LogP contribution in [0.3, 0.4) is 0 Å². The summed E-state index contributed by atoms with van der Waals surface area (Å²) in [5.41, 5.74) is 3.39. The van der Waals surface area contributed by atoms with Crippen LogP contribution < -0.4 is 0 Å². The number of hydrogen-bond donors (Lipinski definition) is 1. The van der Waals surface area contributed by atoms with E-state index < -0.39 is 0 Å². The van der Waals surface area contributed by atoms with Crippen LogP contribution in [-0.2, 0) is 0 Å². The number of aromatic nitrogens is 2. The topological polar surface area (TPSA) is 37.5 Å². The number of para-hydroxylation sites is 1. The summed E-state index contributed by atoms with van der Waals surface area (Å²) in [4.78, 5) is 4.78. The molecule has 0 aliphatic heterocycles. The summed E-state index contributed by atoms with van der Waals surface area (Å²) in [7, 11) is 0. The van der Waals surface area contributed by atoms with Crippen molar-refractivity contribution >= 4 is 17.1 Å². The van der Waals surface area contributed by atoms with Crippen molar-refractivity contribution in [1.29, 1.82) is 0 Å². The molecule has 2 aromatic heterocycles. The molecule has 23 heavy (non-hydrogen) atoms. The van der Waals surface area contributed by atoms with E-state index in [1.54, 1.807) is 12.1 Å². The highest BCUT2D eigenvalue weighted by Crippen LogP contribution is 2.34. The van der Waals surface area contributed by atoms with Gasteiger partial charge in [-0.05, 0) is 48.5 Å². The third kappa shape index (κ3) is 2.35. The van der Waals surface area contributed by atoms with E-state index in [0.717, 1.165) is 28.2 Å². The summed E-state index contributed by atoms with van der Waals surface area (Å²) in [6.07, 6.45) is 1.97. The highest BCUT2D eigenvalue weighted by Gasteiger charge is 2.15. The number of nitrogens with zero attached hydrogens (tertiary/aromatic N) is 2. The van der Waals surface area contributed by atoms with Crippen LogP contribution in [0.1, 0.15) is 0 Å². The Morgan fingerprint density at radius 2 is 1.61 bits per heavy atom. The second-order valence-electron chi connectivity index (χ2n) is 5.26. The van der Waals surface area contributed by atoms with Gasteiger partial charge < -0.3 is 5.11 Å². The van der Waals surface area contributed by atoms with Gasteiger partial charge in [-0.1, -0.05) is 29.8 Å². The van der Waals surface area contributed by atoms with Gasteiger partial charge in [0.05, 0.1) is 5.52 Å². The maximum Gasteiger partial charge on any atom is 0.145 e. The number of halogens is 1. The molecular formula is C19H13ClN2O. The summed E-state index contributed by atoms with van der Waals surface area (Å²) >= 11 is 5.98. The summed E-state index contributed by atoms with van der Waals surface area (Å²) in [6.45, 7) is 0. The van der Waals surface area contributed by atoms with E-state index in [1.807, 2.05) is 65.2 Å². The number of phenolic OH excluding ortho intramolecular Hbond substituents is 1. The highest BCUT2D eigenvalue weighted by molar-refractivity contribution is 6.30. The molecule has 3 nitrogen and oxygen atoms in total. The Kier molecular flexibility index (Phi) is 3.28. The fourth-order valence-electron chi connectivity index (χ4n) is 2.71. The summed E-state index contributed by atoms with van der Waals surface area (Å²) in [6, 6.07) is 20.7. The van der Waals surface area contributed by atoms with Crippen molar-refractivity contribution in [3.8, 4) is 28.4 Å². The van der Waals surface area contributed by atoms with Gasteiger partial charge in [-0.3, -0.25) is 4.40 Å². The average molecular weight is 321 g/mol. The van der Waals surface area contributed by atoms with Gasteiger partial charge in [0.15, 0.2) is 0 Å². The molecule has 0 saturated heterocycles. The minimum absolute atomic E-state index is 0.221. The Balaban J connectivity index is 2.01. The molecule has 2 aromatic carbocycles. The molecule has 0 bridgehead atoms. The lowest BCUT2D eigenvalue weighted by atomic mass is 10.1. The predicted molar refractivity (Wildman–Crippen MR) is 92.7 cm³/mol. The Hall–Kier alpha value is -2.78. The number of imidazole rings is 1. The first-order chi connectivity index (χ1) is 11.2. The number of benzene rings is 2. The molecule has 0 amide bonds. The highest BCUT2D eigenvalue weighted by atomic mass is 35.5. The van der Waals surface area contributed by atoms with Gasteiger partial charge in [0.1, 0.15) is 17.3 Å². The van der Waals surface area contributed by atoms with E-state index in [4.69, 9.17) is 16.6 Å². The van der Waals surface area contributed by atoms with E-state index in [0.29, 0.717) is 5.02 Å². The SMILES string of the molecule is Oc1ccccc1-c1nc(-c2ccc(Cl)cc2)n2ccccc12. The molecule has 1 N–H and O–H groups in total. The van der Waals surface area contributed by atoms with Crippen LogP contribution in [0.2, 0.25) is 5.02 Å². The minimum Gasteiger partial charge on any atom is -0.507 e. The number of hydrogen-bond acceptors (Lipinski definition) is 2. The maximum absolute atomic E-state index is 10.2. The lowest BCUT2D eigenvalue weighted by Gasteiger charge is -2.01. The summed E-state index contributed by atoms with van der Waals surface area (Å²) in [5, 5.41) is 10.9. The van der Waals surface area contributed by atoms with Crippen LogP contribution in [-0.4, -0.2) is 14.5 Å². The first-order valence-corrected chi connectivity index (χ1v) is 7.63. The standard InChI is InChI=1S/C19H13ClN2O/c20-14-10-8-13(9-11-14)19-21-18(15-5-1-2-7-17(15)23)16-6-3-4-12-22(16)19/h1-12,23H. The lowest BCUT2D eigenvalue weighted by Crippen LogP contribution is -1.87. The van der Waals surface area contributed by atoms with Crippen molar-refractivity contribution in [3.63, 3.8) is 0 Å². The quantitative estimate of drug-likeness (QED) is 0.562. The molecule has 0 fully saturated rings. The molecule has 112 valence electrons. The van der Waals surface area contributed by atoms with Gasteiger partial charge >= 0.3 is 0 Å². The zero-order valence-corrected chi connectivity index (χ0v) is 12.9. The van der Waals surface area contributed by atoms with E-state index in [9.17, 15) is 5.11 Å². The molecule has 0 saturated carbocycles. The molecule has 0 aliphatic carbocycles. The number of rotatable bonds is 2. The Morgan fingerprint density at radius 1 is 0.870 bits per heavy atom. The second kappa shape index (κ2) is 5.45. The zero-order valence-electron chi connectivity index (χ0n) is 12.1. The molecule has 4 heteroatoms. The van der Waals surface area contributed by atoms with E-state index in [-0.39, 0.29) is 5.75 Å². The normalized spacial score (nSPS) is 11.0. The maximum atomic E-state index is 10.2. The van der Waals surface area contributed by atoms with E-state index >= 15 is 0 Å². The molecular weight excluding hydrogens is 308 g/mol. The van der Waals surface area contributed by atoms with Crippen molar-refractivity contribution in [1.82, 2.24) is 9.38 Å². The van der Waals surface area contributed by atoms with Gasteiger partial charge in [0.2, 0.25) is 0 Å². The summed E-state index contributed by atoms with van der Waals surface area (Å²) < 4.78 is 2.02. The van der Waals surface area contributed by atoms with Gasteiger partial charge in [-0.15, -0.1) is 0 Å². The van der Waals surface area contributed by atoms with Crippen LogP contribution in [0.5, 0.6) is 5.75 Å². The molecule has 0 atom stereocenters. The van der Waals surface area contributed by atoms with E-state index in [1.165, 1.54) is 0 Å². The van der Waals surface area contributed by atoms with Crippen molar-refractivity contribution in [2.75, 3.05) is 0 Å². The van der Waals surface area contributed by atoms with Gasteiger partial charge in [-0.2, -0.15) is 0 Å². The van der Waals surface area contributed by atoms with Gasteiger partial charge in [0.25, 0.3) is 0 Å². The summed E-state index contributed by atoms with van der Waals surface area (Å²) in [5.74, 6) is 1.04. The Labute approximate surface area is 138 Å². The minimum atomic E-state index is 0.221. The van der Waals surface area contributed by atoms with E-state index in [2.05, 4.69) is 0 Å². The van der Waals surface area contributed by atoms with Crippen molar-refractivity contribution in [3.05, 3.63) is 77.9 Å². The van der Waals surface area contributed by atoms with Crippen molar-refractivity contribution in [2.45, 2.75) is 0 Å². The average Bonchev–Trinajstić information content (AvgIpc) is 2.96. The molecule has 0 radical (unpaired) electrons. The zero-order chi connectivity index (χ0) is 15.8. The number of phenols is 1. The van der Waals surface area contributed by atoms with Crippen LogP contribution in [0.4, 0.5) is 0 Å². The molecule has 4 aromatic rings. The number of aromatic hydroxyl groups is 1. The first kappa shape index (κ1) is 13.9. The van der Waals surface area contributed by atoms with Gasteiger partial charge in [0, 0.05) is 22.3 Å². The first-order valence-electron chi connectivity index (χ1n) is 7.25. The molecule has 0 unspecified atom stereocenters. The largest absolute Gasteiger partial charge is 0.507 e. The fraction of sp³-hybridized carbons (Fsp3) is 0. The smallest absolute Gasteiger partial charge is 0.145 e. The third-order valence-corrected chi connectivity index (χ3v) is 4.06. The third-order valence-electron chi connectivity index (χ3n) is 3.81. The van der Waals surface area contributed by atoms with Crippen molar-refractivity contribution in [2.24, 2.45) is 0 Å². The predicted octanol–water partition coefficient (Wildman–Crippen LogP) is 5.03. The molecule has 0 spiro atoms. The Bertz CT molecular complexity index is 990. The number of fused-ring (bicyclic) bond motifs is 1. The van der Waals surface area contributed by atoms with Gasteiger partial charge in [-0.25, -0.2) is 4.98 Å².